The third kappa shape index (κ3) is 4.11. The van der Waals surface area contributed by atoms with Crippen LogP contribution in [0, 0.1) is 10.1 Å². The van der Waals surface area contributed by atoms with Crippen LogP contribution in [0.1, 0.15) is 25.7 Å². The van der Waals surface area contributed by atoms with E-state index < -0.39 is 16.9 Å². The van der Waals surface area contributed by atoms with Crippen LogP contribution in [0.3, 0.4) is 0 Å². The van der Waals surface area contributed by atoms with Gasteiger partial charge in [-0.2, -0.15) is 0 Å². The molecule has 0 spiro atoms. The summed E-state index contributed by atoms with van der Waals surface area (Å²) in [6, 6.07) is 4.82. The molecule has 0 radical (unpaired) electrons. The Morgan fingerprint density at radius 3 is 2.80 bits per heavy atom. The number of nitrogens with zero attached hydrogens (tertiary/aromatic N) is 3. The molecule has 9 heteroatoms. The van der Waals surface area contributed by atoms with Crippen LogP contribution in [0.5, 0.6) is 0 Å². The molecule has 1 fully saturated rings. The average Bonchev–Trinajstić information content (AvgIpc) is 2.62. The van der Waals surface area contributed by atoms with Crippen molar-refractivity contribution in [1.82, 2.24) is 10.2 Å². The molecule has 2 N–H and O–H groups in total. The maximum atomic E-state index is 12.4. The number of aliphatic imine (C=N–C) groups is 1. The minimum atomic E-state index is -0.843. The molecule has 0 aliphatic carbocycles. The van der Waals surface area contributed by atoms with E-state index in [1.807, 2.05) is 4.90 Å². The van der Waals surface area contributed by atoms with Crippen LogP contribution in [-0.4, -0.2) is 46.7 Å². The topological polar surface area (TPSA) is 117 Å². The number of nitro benzene ring substituents is 1. The third-order valence-corrected chi connectivity index (χ3v) is 4.19. The summed E-state index contributed by atoms with van der Waals surface area (Å²) in [4.78, 5) is 41.0. The first kappa shape index (κ1) is 16.9. The molecule has 25 heavy (non-hydrogen) atoms. The van der Waals surface area contributed by atoms with E-state index in [1.165, 1.54) is 18.2 Å². The van der Waals surface area contributed by atoms with Crippen molar-refractivity contribution in [3.05, 3.63) is 34.4 Å². The summed E-state index contributed by atoms with van der Waals surface area (Å²) in [6.07, 6.45) is 3.16. The van der Waals surface area contributed by atoms with Crippen molar-refractivity contribution in [3.8, 4) is 0 Å². The van der Waals surface area contributed by atoms with Crippen molar-refractivity contribution >= 4 is 29.1 Å². The molecule has 0 aromatic heterocycles. The average molecular weight is 345 g/mol. The lowest BCUT2D eigenvalue weighted by atomic mass is 10.1. The number of carbonyl (C=O) groups excluding carboxylic acids is 2. The highest BCUT2D eigenvalue weighted by Crippen LogP contribution is 2.19. The quantitative estimate of drug-likeness (QED) is 0.632. The largest absolute Gasteiger partial charge is 0.343 e. The second-order valence-corrected chi connectivity index (χ2v) is 6.07. The standard InChI is InChI=1S/C16H19N5O4/c22-14-10-13(18-16(19-14)20-7-2-1-3-8-20)15(23)17-11-5-4-6-12(9-11)21(24)25/h4-6,9,13H,1-3,7-8,10H2,(H,17,23)(H,18,19,22)/t13-/m0/s1. The highest BCUT2D eigenvalue weighted by molar-refractivity contribution is 6.06. The molecule has 132 valence electrons. The lowest BCUT2D eigenvalue weighted by molar-refractivity contribution is -0.384. The van der Waals surface area contributed by atoms with Crippen LogP contribution in [-0.2, 0) is 9.59 Å². The maximum Gasteiger partial charge on any atom is 0.271 e. The number of guanidine groups is 1. The molecule has 0 saturated carbocycles. The summed E-state index contributed by atoms with van der Waals surface area (Å²) in [6.45, 7) is 1.61. The van der Waals surface area contributed by atoms with E-state index in [9.17, 15) is 19.7 Å². The van der Waals surface area contributed by atoms with Crippen LogP contribution >= 0.6 is 0 Å². The van der Waals surface area contributed by atoms with Gasteiger partial charge in [0.05, 0.1) is 11.3 Å². The zero-order valence-electron chi connectivity index (χ0n) is 13.6. The lowest BCUT2D eigenvalue weighted by Crippen LogP contribution is -2.51. The van der Waals surface area contributed by atoms with E-state index in [1.54, 1.807) is 6.07 Å². The molecule has 1 atom stereocenters. The number of nitrogens with one attached hydrogen (secondary N) is 2. The highest BCUT2D eigenvalue weighted by atomic mass is 16.6. The van der Waals surface area contributed by atoms with Gasteiger partial charge in [-0.1, -0.05) is 6.07 Å². The minimum Gasteiger partial charge on any atom is -0.343 e. The van der Waals surface area contributed by atoms with Gasteiger partial charge in [0.2, 0.25) is 17.8 Å². The molecule has 2 aliphatic rings. The monoisotopic (exact) mass is 345 g/mol. The fraction of sp³-hybridized carbons (Fsp3) is 0.438. The number of piperidine rings is 1. The van der Waals surface area contributed by atoms with E-state index in [0.717, 1.165) is 32.4 Å². The third-order valence-electron chi connectivity index (χ3n) is 4.19. The van der Waals surface area contributed by atoms with Gasteiger partial charge in [-0.05, 0) is 25.3 Å². The van der Waals surface area contributed by atoms with Gasteiger partial charge in [0.15, 0.2) is 0 Å². The Balaban J connectivity index is 1.73. The van der Waals surface area contributed by atoms with Gasteiger partial charge in [0.1, 0.15) is 6.04 Å². The number of anilines is 1. The number of rotatable bonds is 3. The number of hydrogen-bond donors (Lipinski definition) is 2. The van der Waals surface area contributed by atoms with Crippen LogP contribution in [0.2, 0.25) is 0 Å². The Hall–Kier alpha value is -2.97. The number of likely N-dealkylation sites (tertiary alicyclic amines) is 1. The molecule has 2 heterocycles. The molecular weight excluding hydrogens is 326 g/mol. The molecule has 0 bridgehead atoms. The number of hydrogen-bond acceptors (Lipinski definition) is 6. The molecule has 1 aromatic rings. The number of benzene rings is 1. The normalized spacial score (nSPS) is 20.5. The Labute approximate surface area is 144 Å². The van der Waals surface area contributed by atoms with E-state index in [-0.39, 0.29) is 18.0 Å². The molecule has 9 nitrogen and oxygen atoms in total. The second kappa shape index (κ2) is 7.29. The molecule has 0 unspecified atom stereocenters. The smallest absolute Gasteiger partial charge is 0.271 e. The maximum absolute atomic E-state index is 12.4. The fourth-order valence-corrected chi connectivity index (χ4v) is 2.92. The summed E-state index contributed by atoms with van der Waals surface area (Å²) in [5.74, 6) is -0.269. The summed E-state index contributed by atoms with van der Waals surface area (Å²) >= 11 is 0. The Morgan fingerprint density at radius 1 is 1.32 bits per heavy atom. The van der Waals surface area contributed by atoms with Gasteiger partial charge < -0.3 is 10.2 Å². The summed E-state index contributed by atoms with van der Waals surface area (Å²) in [7, 11) is 0. The molecular formula is C16H19N5O4. The van der Waals surface area contributed by atoms with Crippen molar-refractivity contribution in [1.29, 1.82) is 0 Å². The molecule has 2 aliphatic heterocycles. The Morgan fingerprint density at radius 2 is 2.08 bits per heavy atom. The van der Waals surface area contributed by atoms with Gasteiger partial charge in [-0.3, -0.25) is 25.0 Å². The predicted octanol–water partition coefficient (Wildman–Crippen LogP) is 1.26. The first-order chi connectivity index (χ1) is 12.0. The molecule has 3 rings (SSSR count). The van der Waals surface area contributed by atoms with E-state index in [2.05, 4.69) is 15.6 Å². The van der Waals surface area contributed by atoms with Gasteiger partial charge in [0.25, 0.3) is 5.69 Å². The van der Waals surface area contributed by atoms with Gasteiger partial charge in [-0.15, -0.1) is 0 Å². The second-order valence-electron chi connectivity index (χ2n) is 6.07. The SMILES string of the molecule is O=C1C[C@@H](C(=O)Nc2cccc([N+](=O)[O-])c2)N=C(N2CCCCC2)N1. The van der Waals surface area contributed by atoms with E-state index in [4.69, 9.17) is 0 Å². The molecule has 1 aromatic carbocycles. The minimum absolute atomic E-state index is 0.0436. The van der Waals surface area contributed by atoms with Crippen LogP contribution in [0.25, 0.3) is 0 Å². The van der Waals surface area contributed by atoms with E-state index in [0.29, 0.717) is 11.6 Å². The van der Waals surface area contributed by atoms with Crippen molar-refractivity contribution in [2.24, 2.45) is 4.99 Å². The van der Waals surface area contributed by atoms with Gasteiger partial charge >= 0.3 is 0 Å². The predicted molar refractivity (Wildman–Crippen MR) is 91.1 cm³/mol. The lowest BCUT2D eigenvalue weighted by Gasteiger charge is -2.32. The Bertz CT molecular complexity index is 727. The Kier molecular flexibility index (Phi) is 4.92. The molecule has 2 amide bonds. The van der Waals surface area contributed by atoms with Crippen LogP contribution < -0.4 is 10.6 Å². The fourth-order valence-electron chi connectivity index (χ4n) is 2.92. The number of amides is 2. The zero-order chi connectivity index (χ0) is 17.8. The number of nitro groups is 1. The van der Waals surface area contributed by atoms with Crippen molar-refractivity contribution < 1.29 is 14.5 Å². The zero-order valence-corrected chi connectivity index (χ0v) is 13.6. The number of carbonyl (C=O) groups is 2. The highest BCUT2D eigenvalue weighted by Gasteiger charge is 2.29. The number of non-ortho nitro benzene ring substituents is 1. The van der Waals surface area contributed by atoms with Crippen LogP contribution in [0.4, 0.5) is 11.4 Å². The van der Waals surface area contributed by atoms with Crippen molar-refractivity contribution in [3.63, 3.8) is 0 Å². The van der Waals surface area contributed by atoms with Gasteiger partial charge in [-0.25, -0.2) is 4.99 Å². The van der Waals surface area contributed by atoms with Crippen molar-refractivity contribution in [2.75, 3.05) is 18.4 Å². The van der Waals surface area contributed by atoms with Crippen LogP contribution in [0.15, 0.2) is 29.3 Å². The van der Waals surface area contributed by atoms with Gasteiger partial charge in [0, 0.05) is 30.9 Å². The van der Waals surface area contributed by atoms with Crippen molar-refractivity contribution in [2.45, 2.75) is 31.7 Å². The summed E-state index contributed by atoms with van der Waals surface area (Å²) in [5, 5.41) is 16.1. The summed E-state index contributed by atoms with van der Waals surface area (Å²) in [5.41, 5.74) is 0.191. The first-order valence-electron chi connectivity index (χ1n) is 8.21. The van der Waals surface area contributed by atoms with E-state index >= 15 is 0 Å². The first-order valence-corrected chi connectivity index (χ1v) is 8.21. The molecule has 1 saturated heterocycles. The summed E-state index contributed by atoms with van der Waals surface area (Å²) < 4.78 is 0.